The van der Waals surface area contributed by atoms with E-state index in [9.17, 15) is 0 Å². The quantitative estimate of drug-likeness (QED) is 0.171. The number of benzene rings is 9. The second-order valence-electron chi connectivity index (χ2n) is 12.4. The third-order valence-corrected chi connectivity index (χ3v) is 9.69. The summed E-state index contributed by atoms with van der Waals surface area (Å²) in [6.45, 7) is 0. The summed E-state index contributed by atoms with van der Waals surface area (Å²) < 4.78 is 0. The summed E-state index contributed by atoms with van der Waals surface area (Å²) in [6.07, 6.45) is 0. The summed E-state index contributed by atoms with van der Waals surface area (Å²) in [7, 11) is 0. The van der Waals surface area contributed by atoms with Gasteiger partial charge in [0, 0.05) is 0 Å². The molecular weight excluding hydrogens is 577 g/mol. The minimum atomic E-state index is 1.21. The molecule has 0 aliphatic carbocycles. The fourth-order valence-electron chi connectivity index (χ4n) is 7.45. The summed E-state index contributed by atoms with van der Waals surface area (Å²) in [4.78, 5) is 0. The van der Waals surface area contributed by atoms with E-state index in [1.54, 1.807) is 0 Å². The van der Waals surface area contributed by atoms with Crippen LogP contribution in [0, 0.1) is 0 Å². The first-order valence-corrected chi connectivity index (χ1v) is 16.6. The largest absolute Gasteiger partial charge is 0.0622 e. The molecule has 0 heterocycles. The Morgan fingerprint density at radius 3 is 1.27 bits per heavy atom. The normalized spacial score (nSPS) is 11.3. The molecule has 0 heteroatoms. The molecule has 0 unspecified atom stereocenters. The molecule has 9 aromatic rings. The van der Waals surface area contributed by atoms with E-state index in [2.05, 4.69) is 194 Å². The van der Waals surface area contributed by atoms with Crippen LogP contribution in [0.25, 0.3) is 88.0 Å². The molecule has 0 aromatic heterocycles. The maximum Gasteiger partial charge on any atom is -0.00201 e. The Kier molecular flexibility index (Phi) is 6.91. The average Bonchev–Trinajstić information content (AvgIpc) is 3.17. The zero-order valence-electron chi connectivity index (χ0n) is 26.5. The third-order valence-electron chi connectivity index (χ3n) is 9.69. The SMILES string of the molecule is c1ccc(-c2ccc(-c3ccccc3-c3ccccc3-c3c4ccccc4c(-c4ccc5ccccc5c4)c4ccccc34)cc2)cc1. The van der Waals surface area contributed by atoms with Gasteiger partial charge in [0.2, 0.25) is 0 Å². The highest BCUT2D eigenvalue weighted by Gasteiger charge is 2.20. The first-order chi connectivity index (χ1) is 23.8. The lowest BCUT2D eigenvalue weighted by molar-refractivity contribution is 1.56. The molecule has 0 saturated carbocycles. The van der Waals surface area contributed by atoms with Crippen molar-refractivity contribution in [3.05, 3.63) is 194 Å². The molecule has 0 nitrogen and oxygen atoms in total. The summed E-state index contributed by atoms with van der Waals surface area (Å²) in [5.74, 6) is 0. The Morgan fingerprint density at radius 2 is 0.625 bits per heavy atom. The summed E-state index contributed by atoms with van der Waals surface area (Å²) in [5, 5.41) is 7.56. The van der Waals surface area contributed by atoms with E-state index in [1.807, 2.05) is 0 Å². The van der Waals surface area contributed by atoms with E-state index in [0.29, 0.717) is 0 Å². The van der Waals surface area contributed by atoms with Crippen molar-refractivity contribution in [1.29, 1.82) is 0 Å². The van der Waals surface area contributed by atoms with Crippen LogP contribution in [0.3, 0.4) is 0 Å². The Morgan fingerprint density at radius 1 is 0.208 bits per heavy atom. The Hall–Kier alpha value is -6.24. The molecule has 9 aromatic carbocycles. The summed E-state index contributed by atoms with van der Waals surface area (Å²) >= 11 is 0. The predicted molar refractivity (Wildman–Crippen MR) is 206 cm³/mol. The number of hydrogen-bond donors (Lipinski definition) is 0. The molecular formula is C48H32. The van der Waals surface area contributed by atoms with Crippen LogP contribution in [0.15, 0.2) is 194 Å². The highest BCUT2D eigenvalue weighted by Crippen LogP contribution is 2.47. The number of rotatable bonds is 5. The van der Waals surface area contributed by atoms with E-state index >= 15 is 0 Å². The van der Waals surface area contributed by atoms with Gasteiger partial charge < -0.3 is 0 Å². The Bertz CT molecular complexity index is 2530. The van der Waals surface area contributed by atoms with Gasteiger partial charge in [-0.3, -0.25) is 0 Å². The van der Waals surface area contributed by atoms with Crippen molar-refractivity contribution in [2.75, 3.05) is 0 Å². The molecule has 0 aliphatic heterocycles. The minimum absolute atomic E-state index is 1.21. The molecule has 0 spiro atoms. The van der Waals surface area contributed by atoms with Crippen LogP contribution in [-0.4, -0.2) is 0 Å². The lowest BCUT2D eigenvalue weighted by Crippen LogP contribution is -1.93. The molecule has 0 N–H and O–H groups in total. The maximum absolute atomic E-state index is 2.34. The lowest BCUT2D eigenvalue weighted by atomic mass is 9.82. The number of fused-ring (bicyclic) bond motifs is 3. The molecule has 0 radical (unpaired) electrons. The van der Waals surface area contributed by atoms with Gasteiger partial charge >= 0.3 is 0 Å². The van der Waals surface area contributed by atoms with E-state index in [1.165, 1.54) is 88.0 Å². The topological polar surface area (TPSA) is 0 Å². The molecule has 0 amide bonds. The fourth-order valence-corrected chi connectivity index (χ4v) is 7.45. The second kappa shape index (κ2) is 11.8. The smallest absolute Gasteiger partial charge is 0.00201 e. The summed E-state index contributed by atoms with van der Waals surface area (Å²) in [6, 6.07) is 70.7. The van der Waals surface area contributed by atoms with E-state index in [4.69, 9.17) is 0 Å². The highest BCUT2D eigenvalue weighted by atomic mass is 14.2. The minimum Gasteiger partial charge on any atom is -0.0622 e. The molecule has 9 rings (SSSR count). The van der Waals surface area contributed by atoms with Crippen LogP contribution >= 0.6 is 0 Å². The first kappa shape index (κ1) is 28.0. The van der Waals surface area contributed by atoms with Crippen molar-refractivity contribution in [1.82, 2.24) is 0 Å². The molecule has 0 fully saturated rings. The van der Waals surface area contributed by atoms with Gasteiger partial charge in [-0.15, -0.1) is 0 Å². The molecule has 0 aliphatic rings. The standard InChI is InChI=1S/C48H32/c1-2-14-33(15-3-1)35-26-29-36(30-27-35)39-18-6-7-19-40(39)41-20-8-9-21-42(41)48-45-24-12-10-22-43(45)47(44-23-11-13-25-46(44)48)38-31-28-34-16-4-5-17-37(34)32-38/h1-32H. The number of hydrogen-bond acceptors (Lipinski definition) is 0. The van der Waals surface area contributed by atoms with Crippen LogP contribution in [0.4, 0.5) is 0 Å². The van der Waals surface area contributed by atoms with Gasteiger partial charge in [0.1, 0.15) is 0 Å². The molecule has 0 atom stereocenters. The van der Waals surface area contributed by atoms with Crippen molar-refractivity contribution in [3.63, 3.8) is 0 Å². The Labute approximate surface area is 281 Å². The maximum atomic E-state index is 2.34. The molecule has 0 bridgehead atoms. The average molecular weight is 609 g/mol. The lowest BCUT2D eigenvalue weighted by Gasteiger charge is -2.21. The van der Waals surface area contributed by atoms with Gasteiger partial charge in [0.05, 0.1) is 0 Å². The van der Waals surface area contributed by atoms with Gasteiger partial charge in [-0.25, -0.2) is 0 Å². The monoisotopic (exact) mass is 608 g/mol. The highest BCUT2D eigenvalue weighted by molar-refractivity contribution is 6.22. The zero-order chi connectivity index (χ0) is 31.9. The van der Waals surface area contributed by atoms with Gasteiger partial charge in [0.15, 0.2) is 0 Å². The second-order valence-corrected chi connectivity index (χ2v) is 12.4. The van der Waals surface area contributed by atoms with E-state index < -0.39 is 0 Å². The molecule has 48 heavy (non-hydrogen) atoms. The van der Waals surface area contributed by atoms with Crippen LogP contribution in [0.1, 0.15) is 0 Å². The van der Waals surface area contributed by atoms with E-state index in [-0.39, 0.29) is 0 Å². The summed E-state index contributed by atoms with van der Waals surface area (Å²) in [5.41, 5.74) is 12.4. The first-order valence-electron chi connectivity index (χ1n) is 16.6. The van der Waals surface area contributed by atoms with Gasteiger partial charge in [-0.1, -0.05) is 188 Å². The Balaban J connectivity index is 1.27. The van der Waals surface area contributed by atoms with Crippen LogP contribution in [0.5, 0.6) is 0 Å². The van der Waals surface area contributed by atoms with Crippen molar-refractivity contribution in [2.24, 2.45) is 0 Å². The van der Waals surface area contributed by atoms with Crippen LogP contribution < -0.4 is 0 Å². The predicted octanol–water partition coefficient (Wildman–Crippen LogP) is 13.5. The van der Waals surface area contributed by atoms with Crippen molar-refractivity contribution in [2.45, 2.75) is 0 Å². The van der Waals surface area contributed by atoms with Crippen LogP contribution in [0.2, 0.25) is 0 Å². The van der Waals surface area contributed by atoms with Crippen molar-refractivity contribution < 1.29 is 0 Å². The van der Waals surface area contributed by atoms with Gasteiger partial charge in [-0.05, 0) is 94.0 Å². The zero-order valence-corrected chi connectivity index (χ0v) is 26.5. The van der Waals surface area contributed by atoms with Crippen molar-refractivity contribution >= 4 is 32.3 Å². The van der Waals surface area contributed by atoms with Gasteiger partial charge in [-0.2, -0.15) is 0 Å². The van der Waals surface area contributed by atoms with Gasteiger partial charge in [0.25, 0.3) is 0 Å². The molecule has 0 saturated heterocycles. The molecule has 224 valence electrons. The fraction of sp³-hybridized carbons (Fsp3) is 0. The van der Waals surface area contributed by atoms with Crippen molar-refractivity contribution in [3.8, 4) is 55.6 Å². The van der Waals surface area contributed by atoms with E-state index in [0.717, 1.165) is 0 Å². The van der Waals surface area contributed by atoms with Crippen LogP contribution in [-0.2, 0) is 0 Å². The third kappa shape index (κ3) is 4.78.